The van der Waals surface area contributed by atoms with E-state index in [9.17, 15) is 0 Å². The quantitative estimate of drug-likeness (QED) is 0.198. The number of fused-ring (bicyclic) bond motifs is 6. The molecule has 0 radical (unpaired) electrons. The number of hydrogen-bond acceptors (Lipinski definition) is 2. The lowest BCUT2D eigenvalue weighted by molar-refractivity contribution is 0.474. The number of anilines is 3. The Morgan fingerprint density at radius 3 is 1.96 bits per heavy atom. The zero-order valence-electron chi connectivity index (χ0n) is 29.2. The molecule has 0 aromatic heterocycles. The second-order valence-electron chi connectivity index (χ2n) is 15.6. The van der Waals surface area contributed by atoms with Gasteiger partial charge in [-0.15, -0.1) is 0 Å². The first-order valence-electron chi connectivity index (χ1n) is 19.5. The summed E-state index contributed by atoms with van der Waals surface area (Å²) in [5.74, 6) is 1.62. The van der Waals surface area contributed by atoms with Crippen LogP contribution in [0.25, 0.3) is 11.1 Å². The molecule has 2 aliphatic heterocycles. The average Bonchev–Trinajstić information content (AvgIpc) is 3.71. The number of para-hydroxylation sites is 2. The molecular formula is C48H48N2. The van der Waals surface area contributed by atoms with Crippen molar-refractivity contribution in [2.45, 2.75) is 94.5 Å². The van der Waals surface area contributed by atoms with Crippen LogP contribution in [0.3, 0.4) is 0 Å². The molecule has 0 amide bonds. The van der Waals surface area contributed by atoms with E-state index in [1.807, 2.05) is 0 Å². The smallest absolute Gasteiger partial charge is 0.0453 e. The molecule has 250 valence electrons. The molecule has 10 rings (SSSR count). The zero-order valence-corrected chi connectivity index (χ0v) is 29.2. The lowest BCUT2D eigenvalue weighted by Gasteiger charge is -2.38. The van der Waals surface area contributed by atoms with Gasteiger partial charge < -0.3 is 9.80 Å². The van der Waals surface area contributed by atoms with Crippen LogP contribution < -0.4 is 9.80 Å². The van der Waals surface area contributed by atoms with E-state index in [-0.39, 0.29) is 0 Å². The van der Waals surface area contributed by atoms with Gasteiger partial charge in [0.25, 0.3) is 0 Å². The Bertz CT molecular complexity index is 2030. The predicted molar refractivity (Wildman–Crippen MR) is 209 cm³/mol. The fourth-order valence-corrected chi connectivity index (χ4v) is 10.6. The highest BCUT2D eigenvalue weighted by Gasteiger charge is 2.44. The molecule has 2 heteroatoms. The van der Waals surface area contributed by atoms with Gasteiger partial charge in [0.2, 0.25) is 0 Å². The number of hydrogen-bond donors (Lipinski definition) is 0. The average molecular weight is 653 g/mol. The Morgan fingerprint density at radius 2 is 1.22 bits per heavy atom. The molecule has 6 aliphatic rings. The molecule has 4 aliphatic carbocycles. The first kappa shape index (κ1) is 30.3. The fourth-order valence-electron chi connectivity index (χ4n) is 10.6. The Labute approximate surface area is 298 Å². The van der Waals surface area contributed by atoms with Crippen LogP contribution >= 0.6 is 0 Å². The van der Waals surface area contributed by atoms with Gasteiger partial charge in [0, 0.05) is 46.7 Å². The summed E-state index contributed by atoms with van der Waals surface area (Å²) in [5, 5.41) is 0. The van der Waals surface area contributed by atoms with Gasteiger partial charge >= 0.3 is 0 Å². The van der Waals surface area contributed by atoms with Crippen molar-refractivity contribution in [3.63, 3.8) is 0 Å². The van der Waals surface area contributed by atoms with E-state index in [2.05, 4.69) is 137 Å². The largest absolute Gasteiger partial charge is 0.341 e. The summed E-state index contributed by atoms with van der Waals surface area (Å²) >= 11 is 0. The van der Waals surface area contributed by atoms with E-state index >= 15 is 0 Å². The molecule has 0 bridgehead atoms. The van der Waals surface area contributed by atoms with E-state index in [1.54, 1.807) is 22.4 Å². The summed E-state index contributed by atoms with van der Waals surface area (Å²) in [4.78, 5) is 5.44. The van der Waals surface area contributed by atoms with Crippen LogP contribution in [-0.2, 0) is 0 Å². The van der Waals surface area contributed by atoms with Gasteiger partial charge in [-0.2, -0.15) is 0 Å². The number of nitrogens with zero attached hydrogens (tertiary/aromatic N) is 2. The minimum absolute atomic E-state index is 0.424. The van der Waals surface area contributed by atoms with Gasteiger partial charge in [0.15, 0.2) is 0 Å². The first-order chi connectivity index (χ1) is 24.8. The van der Waals surface area contributed by atoms with Crippen LogP contribution in [0.2, 0.25) is 0 Å². The van der Waals surface area contributed by atoms with Crippen molar-refractivity contribution in [1.29, 1.82) is 0 Å². The third kappa shape index (κ3) is 5.13. The Kier molecular flexibility index (Phi) is 7.66. The molecule has 0 spiro atoms. The highest BCUT2D eigenvalue weighted by molar-refractivity contribution is 5.76. The molecule has 4 aromatic rings. The standard InChI is InChI=1S/C48H48N2/c1-4-12-33(13-5-1)35-20-25-40(26-21-35)50-47-27-22-36(34-14-6-2-7-15-34)30-43(47)44-32-38(24-29-48(44)50)37-23-28-46-42(31-37)41-18-10-11-19-45(41)49(46)39-16-8-3-9-17-39/h2-3,6-12,14-19,22,25,27,30-32,35,42,44,46,48H,1,4-5,13,20-21,23-24,26,28-29H2. The SMILES string of the molecule is C1=C(C2=CC3c4ccccc4N(c4ccccc4)C3CC2)CCC2C1c1cc(-c3ccccc3)ccc1N2C1=CCC(C2=CCCCC2)CC1. The second-order valence-corrected chi connectivity index (χ2v) is 15.6. The summed E-state index contributed by atoms with van der Waals surface area (Å²) < 4.78 is 0. The molecule has 5 unspecified atom stereocenters. The molecule has 0 saturated heterocycles. The van der Waals surface area contributed by atoms with Crippen LogP contribution in [0.4, 0.5) is 17.1 Å². The lowest BCUT2D eigenvalue weighted by atomic mass is 9.76. The molecule has 0 fully saturated rings. The molecule has 0 saturated carbocycles. The van der Waals surface area contributed by atoms with Crippen LogP contribution in [0.1, 0.15) is 93.6 Å². The van der Waals surface area contributed by atoms with Gasteiger partial charge in [0.1, 0.15) is 0 Å². The van der Waals surface area contributed by atoms with Crippen molar-refractivity contribution in [3.05, 3.63) is 161 Å². The maximum atomic E-state index is 2.81. The van der Waals surface area contributed by atoms with E-state index in [0.717, 1.165) is 12.3 Å². The normalized spacial score (nSPS) is 26.9. The monoisotopic (exact) mass is 652 g/mol. The Balaban J connectivity index is 1.00. The Hall–Kier alpha value is -4.56. The lowest BCUT2D eigenvalue weighted by Crippen LogP contribution is -2.36. The van der Waals surface area contributed by atoms with Gasteiger partial charge in [-0.1, -0.05) is 103 Å². The minimum atomic E-state index is 0.424. The summed E-state index contributed by atoms with van der Waals surface area (Å²) in [6.07, 6.45) is 24.5. The minimum Gasteiger partial charge on any atom is -0.341 e. The van der Waals surface area contributed by atoms with Crippen molar-refractivity contribution in [2.75, 3.05) is 9.80 Å². The van der Waals surface area contributed by atoms with Crippen molar-refractivity contribution in [2.24, 2.45) is 5.92 Å². The van der Waals surface area contributed by atoms with E-state index in [0.29, 0.717) is 23.9 Å². The van der Waals surface area contributed by atoms with Crippen LogP contribution in [0.5, 0.6) is 0 Å². The highest BCUT2D eigenvalue weighted by Crippen LogP contribution is 2.54. The van der Waals surface area contributed by atoms with Crippen molar-refractivity contribution >= 4 is 17.1 Å². The van der Waals surface area contributed by atoms with Crippen LogP contribution in [-0.4, -0.2) is 12.1 Å². The number of allylic oxidation sites excluding steroid dienone is 6. The molecule has 5 atom stereocenters. The van der Waals surface area contributed by atoms with Gasteiger partial charge in [-0.3, -0.25) is 0 Å². The van der Waals surface area contributed by atoms with Gasteiger partial charge in [0.05, 0.1) is 0 Å². The summed E-state index contributed by atoms with van der Waals surface area (Å²) in [7, 11) is 0. The van der Waals surface area contributed by atoms with Crippen molar-refractivity contribution in [3.8, 4) is 11.1 Å². The molecule has 0 N–H and O–H groups in total. The number of rotatable bonds is 5. The predicted octanol–water partition coefficient (Wildman–Crippen LogP) is 12.6. The third-order valence-corrected chi connectivity index (χ3v) is 13.0. The summed E-state index contributed by atoms with van der Waals surface area (Å²) in [6.45, 7) is 0. The van der Waals surface area contributed by atoms with E-state index in [4.69, 9.17) is 0 Å². The number of benzene rings is 4. The summed E-state index contributed by atoms with van der Waals surface area (Å²) in [5.41, 5.74) is 16.4. The summed E-state index contributed by atoms with van der Waals surface area (Å²) in [6, 6.07) is 39.6. The Morgan fingerprint density at radius 1 is 0.520 bits per heavy atom. The molecule has 4 aromatic carbocycles. The maximum absolute atomic E-state index is 2.81. The highest BCUT2D eigenvalue weighted by atomic mass is 15.2. The third-order valence-electron chi connectivity index (χ3n) is 13.0. The first-order valence-corrected chi connectivity index (χ1v) is 19.5. The van der Waals surface area contributed by atoms with Gasteiger partial charge in [-0.05, 0) is 140 Å². The topological polar surface area (TPSA) is 6.48 Å². The molecule has 2 heterocycles. The molecule has 2 nitrogen and oxygen atoms in total. The van der Waals surface area contributed by atoms with Gasteiger partial charge in [-0.25, -0.2) is 0 Å². The molecule has 50 heavy (non-hydrogen) atoms. The van der Waals surface area contributed by atoms with Crippen molar-refractivity contribution in [1.82, 2.24) is 0 Å². The molecular weight excluding hydrogens is 605 g/mol. The van der Waals surface area contributed by atoms with Crippen LogP contribution in [0, 0.1) is 5.92 Å². The second kappa shape index (κ2) is 12.6. The van der Waals surface area contributed by atoms with Crippen LogP contribution in [0.15, 0.2) is 150 Å². The fraction of sp³-hybridized carbons (Fsp3) is 0.333. The maximum Gasteiger partial charge on any atom is 0.0453 e. The van der Waals surface area contributed by atoms with E-state index < -0.39 is 0 Å². The zero-order chi connectivity index (χ0) is 33.0. The van der Waals surface area contributed by atoms with Crippen molar-refractivity contribution < 1.29 is 0 Å². The van der Waals surface area contributed by atoms with E-state index in [1.165, 1.54) is 104 Å².